The van der Waals surface area contributed by atoms with Crippen molar-refractivity contribution in [1.82, 2.24) is 0 Å². The van der Waals surface area contributed by atoms with Crippen molar-refractivity contribution in [3.8, 4) is 5.75 Å². The third-order valence-corrected chi connectivity index (χ3v) is 14.2. The molecule has 0 spiro atoms. The van der Waals surface area contributed by atoms with Gasteiger partial charge < -0.3 is 4.74 Å². The van der Waals surface area contributed by atoms with Gasteiger partial charge in [-0.15, -0.1) is 0 Å². The van der Waals surface area contributed by atoms with Crippen LogP contribution in [0.15, 0.2) is 46.3 Å². The summed E-state index contributed by atoms with van der Waals surface area (Å²) in [5, 5.41) is -0.389. The molecule has 1 unspecified atom stereocenters. The molecule has 2 aromatic rings. The largest absolute Gasteiger partial charge is 0.472 e. The predicted molar refractivity (Wildman–Crippen MR) is 134 cm³/mol. The van der Waals surface area contributed by atoms with E-state index in [-0.39, 0.29) is 5.01 Å². The van der Waals surface area contributed by atoms with E-state index in [0.717, 1.165) is 45.8 Å². The van der Waals surface area contributed by atoms with Crippen molar-refractivity contribution < 1.29 is 4.74 Å². The molecule has 0 aliphatic carbocycles. The highest BCUT2D eigenvalue weighted by Crippen LogP contribution is 2.51. The maximum Gasteiger partial charge on any atom is 0.179 e. The summed E-state index contributed by atoms with van der Waals surface area (Å²) in [5.74, 6) is 0.654. The van der Waals surface area contributed by atoms with E-state index >= 15 is 0 Å². The number of alkyl halides is 1. The topological polar surface area (TPSA) is 9.23 Å². The molecule has 1 atom stereocenters. The monoisotopic (exact) mass is 963 g/mol. The lowest BCUT2D eigenvalue weighted by molar-refractivity contribution is 0.296. The van der Waals surface area contributed by atoms with E-state index in [2.05, 4.69) is 159 Å². The van der Waals surface area contributed by atoms with E-state index in [1.54, 1.807) is 0 Å². The number of halogens is 10. The molecule has 0 heterocycles. The van der Waals surface area contributed by atoms with Crippen LogP contribution in [-0.2, 0) is 0 Å². The Labute approximate surface area is 223 Å². The Morgan fingerprint density at radius 1 is 0.583 bits per heavy atom. The summed E-state index contributed by atoms with van der Waals surface area (Å²) in [6, 6.07) is 1.98. The van der Waals surface area contributed by atoms with Crippen LogP contribution in [-0.4, -0.2) is 0 Å². The van der Waals surface area contributed by atoms with Crippen LogP contribution in [0.1, 0.15) is 10.6 Å². The van der Waals surface area contributed by atoms with Crippen molar-refractivity contribution in [2.45, 2.75) is 5.01 Å². The SMILES string of the molecule is Brc1cc(C(Br)Oc2c(Br)c(Br)c(Br)c(Br)c2Br)c(Br)c(Br)c1Br. The summed E-state index contributed by atoms with van der Waals surface area (Å²) in [7, 11) is 0. The molecule has 2 aromatic carbocycles. The molecule has 0 aromatic heterocycles. The highest BCUT2D eigenvalue weighted by molar-refractivity contribution is 9.16. The average molecular weight is 973 g/mol. The zero-order valence-corrected chi connectivity index (χ0v) is 26.7. The van der Waals surface area contributed by atoms with E-state index in [4.69, 9.17) is 4.74 Å². The van der Waals surface area contributed by atoms with Crippen LogP contribution in [0.2, 0.25) is 0 Å². The maximum atomic E-state index is 6.16. The van der Waals surface area contributed by atoms with Crippen LogP contribution in [0.4, 0.5) is 0 Å². The van der Waals surface area contributed by atoms with Gasteiger partial charge in [0.05, 0.1) is 17.9 Å². The van der Waals surface area contributed by atoms with Crippen molar-refractivity contribution in [1.29, 1.82) is 0 Å². The van der Waals surface area contributed by atoms with Crippen LogP contribution in [0.25, 0.3) is 0 Å². The fourth-order valence-electron chi connectivity index (χ4n) is 1.61. The second kappa shape index (κ2) is 9.69. The van der Waals surface area contributed by atoms with Crippen LogP contribution in [0, 0.1) is 0 Å². The van der Waals surface area contributed by atoms with Gasteiger partial charge in [0.25, 0.3) is 0 Å². The first-order valence-corrected chi connectivity index (χ1v) is 13.8. The molecule has 0 bridgehead atoms. The Kier molecular flexibility index (Phi) is 9.42. The highest BCUT2D eigenvalue weighted by atomic mass is 79.9. The van der Waals surface area contributed by atoms with Crippen molar-refractivity contribution >= 4 is 159 Å². The van der Waals surface area contributed by atoms with Gasteiger partial charge in [0, 0.05) is 27.9 Å². The molecule has 24 heavy (non-hydrogen) atoms. The van der Waals surface area contributed by atoms with Crippen LogP contribution in [0.5, 0.6) is 5.75 Å². The van der Waals surface area contributed by atoms with Crippen LogP contribution < -0.4 is 4.74 Å². The minimum absolute atomic E-state index is 0.389. The Morgan fingerprint density at radius 2 is 1.00 bits per heavy atom. The fraction of sp³-hybridized carbons (Fsp3) is 0.0769. The molecule has 0 saturated heterocycles. The minimum Gasteiger partial charge on any atom is -0.472 e. The van der Waals surface area contributed by atoms with Gasteiger partial charge in [-0.05, 0) is 165 Å². The lowest BCUT2D eigenvalue weighted by Gasteiger charge is -2.20. The molecular formula is C13H2Br10O. The molecular weight excluding hydrogens is 971 g/mol. The van der Waals surface area contributed by atoms with Gasteiger partial charge in [0.15, 0.2) is 10.8 Å². The molecule has 0 N–H and O–H groups in total. The third-order valence-electron chi connectivity index (χ3n) is 2.77. The first kappa shape index (κ1) is 23.3. The zero-order valence-electron chi connectivity index (χ0n) is 10.8. The molecule has 130 valence electrons. The first-order chi connectivity index (χ1) is 11.1. The predicted octanol–water partition coefficient (Wildman–Crippen LogP) is 11.0. The van der Waals surface area contributed by atoms with Crippen molar-refractivity contribution in [2.75, 3.05) is 0 Å². The van der Waals surface area contributed by atoms with Gasteiger partial charge in [-0.2, -0.15) is 0 Å². The van der Waals surface area contributed by atoms with Crippen molar-refractivity contribution in [3.05, 3.63) is 51.9 Å². The van der Waals surface area contributed by atoms with Gasteiger partial charge >= 0.3 is 0 Å². The minimum atomic E-state index is -0.389. The number of hydrogen-bond donors (Lipinski definition) is 0. The molecule has 0 radical (unpaired) electrons. The standard InChI is InChI=1S/C13H2Br10O/c14-3-1-2(4(15)6(17)5(3)16)13(23)24-12-10(21)8(19)7(18)9(20)11(12)22/h1,13H. The molecule has 11 heteroatoms. The summed E-state index contributed by atoms with van der Waals surface area (Å²) < 4.78 is 14.0. The van der Waals surface area contributed by atoms with Crippen molar-refractivity contribution in [3.63, 3.8) is 0 Å². The van der Waals surface area contributed by atoms with E-state index in [0.29, 0.717) is 5.75 Å². The number of rotatable bonds is 3. The molecule has 2 rings (SSSR count). The van der Waals surface area contributed by atoms with Gasteiger partial charge in [0.1, 0.15) is 0 Å². The second-order valence-electron chi connectivity index (χ2n) is 4.22. The van der Waals surface area contributed by atoms with Gasteiger partial charge in [-0.25, -0.2) is 0 Å². The number of ether oxygens (including phenoxy) is 1. The number of benzene rings is 2. The number of hydrogen-bond acceptors (Lipinski definition) is 1. The van der Waals surface area contributed by atoms with Crippen LogP contribution in [0.3, 0.4) is 0 Å². The van der Waals surface area contributed by atoms with Gasteiger partial charge in [-0.3, -0.25) is 0 Å². The van der Waals surface area contributed by atoms with E-state index in [9.17, 15) is 0 Å². The Bertz CT molecular complexity index is 790. The second-order valence-corrected chi connectivity index (χ2v) is 12.3. The normalized spacial score (nSPS) is 12.4. The molecule has 0 aliphatic rings. The summed E-state index contributed by atoms with van der Waals surface area (Å²) in [4.78, 5) is 0. The molecule has 0 fully saturated rings. The van der Waals surface area contributed by atoms with Crippen molar-refractivity contribution in [2.24, 2.45) is 0 Å². The average Bonchev–Trinajstić information content (AvgIpc) is 2.56. The highest BCUT2D eigenvalue weighted by Gasteiger charge is 2.24. The summed E-state index contributed by atoms with van der Waals surface area (Å²) >= 11 is 35.5. The zero-order chi connectivity index (χ0) is 18.3. The lowest BCUT2D eigenvalue weighted by atomic mass is 10.2. The van der Waals surface area contributed by atoms with Gasteiger partial charge in [0.2, 0.25) is 0 Å². The molecule has 0 amide bonds. The van der Waals surface area contributed by atoms with E-state index in [1.807, 2.05) is 6.07 Å². The van der Waals surface area contributed by atoms with Gasteiger partial charge in [-0.1, -0.05) is 0 Å². The summed E-state index contributed by atoms with van der Waals surface area (Å²) in [5.41, 5.74) is 0.922. The first-order valence-electron chi connectivity index (χ1n) is 5.72. The van der Waals surface area contributed by atoms with E-state index < -0.39 is 0 Å². The molecule has 0 aliphatic heterocycles. The quantitative estimate of drug-likeness (QED) is 0.169. The Morgan fingerprint density at radius 3 is 1.50 bits per heavy atom. The Hall–Kier alpha value is 3.04. The lowest BCUT2D eigenvalue weighted by Crippen LogP contribution is -2.04. The third kappa shape index (κ3) is 4.78. The fourth-order valence-corrected chi connectivity index (χ4v) is 7.92. The maximum absolute atomic E-state index is 6.16. The Balaban J connectivity index is 2.51. The molecule has 0 saturated carbocycles. The molecule has 1 nitrogen and oxygen atoms in total. The smallest absolute Gasteiger partial charge is 0.179 e. The summed E-state index contributed by atoms with van der Waals surface area (Å²) in [6.07, 6.45) is 0. The van der Waals surface area contributed by atoms with Crippen LogP contribution >= 0.6 is 159 Å². The summed E-state index contributed by atoms with van der Waals surface area (Å²) in [6.45, 7) is 0. The van der Waals surface area contributed by atoms with E-state index in [1.165, 1.54) is 0 Å².